The van der Waals surface area contributed by atoms with E-state index in [1.54, 1.807) is 7.11 Å². The second-order valence-corrected chi connectivity index (χ2v) is 4.62. The van der Waals surface area contributed by atoms with E-state index in [9.17, 15) is 0 Å². The highest BCUT2D eigenvalue weighted by molar-refractivity contribution is 5.28. The highest BCUT2D eigenvalue weighted by atomic mass is 16.5. The summed E-state index contributed by atoms with van der Waals surface area (Å²) in [5, 5.41) is 3.18. The van der Waals surface area contributed by atoms with E-state index >= 15 is 0 Å². The van der Waals surface area contributed by atoms with E-state index in [-0.39, 0.29) is 6.10 Å². The van der Waals surface area contributed by atoms with Crippen molar-refractivity contribution in [2.45, 2.75) is 12.7 Å². The Balaban J connectivity index is 2.02. The topological polar surface area (TPSA) is 30.5 Å². The van der Waals surface area contributed by atoms with Crippen LogP contribution in [0.4, 0.5) is 0 Å². The van der Waals surface area contributed by atoms with Gasteiger partial charge < -0.3 is 14.8 Å². The fourth-order valence-electron chi connectivity index (χ4n) is 2.09. The molecule has 106 valence electrons. The molecule has 0 aliphatic heterocycles. The second kappa shape index (κ2) is 7.68. The molecule has 0 bridgehead atoms. The molecule has 0 saturated carbocycles. The lowest BCUT2D eigenvalue weighted by atomic mass is 10.1. The number of rotatable bonds is 7. The summed E-state index contributed by atoms with van der Waals surface area (Å²) in [6.07, 6.45) is 0.0485. The van der Waals surface area contributed by atoms with Crippen molar-refractivity contribution in [1.29, 1.82) is 0 Å². The molecule has 0 heterocycles. The minimum absolute atomic E-state index is 0.0485. The van der Waals surface area contributed by atoms with E-state index in [0.29, 0.717) is 6.61 Å². The summed E-state index contributed by atoms with van der Waals surface area (Å²) in [5.41, 5.74) is 2.30. The van der Waals surface area contributed by atoms with Crippen molar-refractivity contribution < 1.29 is 9.47 Å². The predicted octanol–water partition coefficient (Wildman–Crippen LogP) is 3.17. The van der Waals surface area contributed by atoms with Gasteiger partial charge in [-0.15, -0.1) is 0 Å². The van der Waals surface area contributed by atoms with E-state index in [2.05, 4.69) is 17.4 Å². The van der Waals surface area contributed by atoms with Crippen molar-refractivity contribution in [2.75, 3.05) is 20.7 Å². The number of nitrogens with one attached hydrogen (secondary N) is 1. The molecule has 0 aromatic heterocycles. The molecule has 0 aliphatic carbocycles. The summed E-state index contributed by atoms with van der Waals surface area (Å²) in [7, 11) is 3.61. The van der Waals surface area contributed by atoms with Gasteiger partial charge in [0.15, 0.2) is 0 Å². The van der Waals surface area contributed by atoms with Crippen molar-refractivity contribution in [2.24, 2.45) is 0 Å². The molecule has 0 saturated heterocycles. The molecular weight excluding hydrogens is 250 g/mol. The van der Waals surface area contributed by atoms with Crippen LogP contribution in [-0.2, 0) is 11.3 Å². The van der Waals surface area contributed by atoms with Gasteiger partial charge in [0.2, 0.25) is 0 Å². The summed E-state index contributed by atoms with van der Waals surface area (Å²) in [6, 6.07) is 18.2. The molecule has 2 aromatic carbocycles. The molecule has 0 amide bonds. The minimum Gasteiger partial charge on any atom is -0.497 e. The standard InChI is InChI=1S/C17H21NO2/c1-18-12-17(15-8-4-3-5-9-15)20-13-14-7-6-10-16(11-14)19-2/h3-11,17-18H,12-13H2,1-2H3. The van der Waals surface area contributed by atoms with Gasteiger partial charge >= 0.3 is 0 Å². The number of methoxy groups -OCH3 is 1. The Morgan fingerprint density at radius 3 is 2.55 bits per heavy atom. The first-order chi connectivity index (χ1) is 9.83. The molecule has 1 unspecified atom stereocenters. The molecule has 1 N–H and O–H groups in total. The molecular formula is C17H21NO2. The average Bonchev–Trinajstić information content (AvgIpc) is 2.52. The smallest absolute Gasteiger partial charge is 0.119 e. The Hall–Kier alpha value is -1.84. The van der Waals surface area contributed by atoms with Crippen LogP contribution in [0.25, 0.3) is 0 Å². The molecule has 3 heteroatoms. The van der Waals surface area contributed by atoms with Gasteiger partial charge in [-0.3, -0.25) is 0 Å². The van der Waals surface area contributed by atoms with Crippen molar-refractivity contribution in [3.8, 4) is 5.75 Å². The first-order valence-electron chi connectivity index (χ1n) is 6.77. The number of benzene rings is 2. The van der Waals surface area contributed by atoms with Crippen LogP contribution in [0.2, 0.25) is 0 Å². The van der Waals surface area contributed by atoms with E-state index in [0.717, 1.165) is 17.9 Å². The maximum Gasteiger partial charge on any atom is 0.119 e. The summed E-state index contributed by atoms with van der Waals surface area (Å²) in [5.74, 6) is 0.857. The van der Waals surface area contributed by atoms with Gasteiger partial charge in [0, 0.05) is 6.54 Å². The summed E-state index contributed by atoms with van der Waals surface area (Å²) in [6.45, 7) is 1.35. The lowest BCUT2D eigenvalue weighted by Gasteiger charge is -2.18. The van der Waals surface area contributed by atoms with Crippen molar-refractivity contribution in [3.05, 3.63) is 65.7 Å². The highest BCUT2D eigenvalue weighted by Crippen LogP contribution is 2.20. The van der Waals surface area contributed by atoms with Gasteiger partial charge in [-0.1, -0.05) is 42.5 Å². The number of ether oxygens (including phenoxy) is 2. The van der Waals surface area contributed by atoms with Gasteiger partial charge in [-0.2, -0.15) is 0 Å². The fraction of sp³-hybridized carbons (Fsp3) is 0.294. The first kappa shape index (κ1) is 14.6. The van der Waals surface area contributed by atoms with Crippen LogP contribution < -0.4 is 10.1 Å². The summed E-state index contributed by atoms with van der Waals surface area (Å²) >= 11 is 0. The Kier molecular flexibility index (Phi) is 5.59. The summed E-state index contributed by atoms with van der Waals surface area (Å²) in [4.78, 5) is 0. The SMILES string of the molecule is CNCC(OCc1cccc(OC)c1)c1ccccc1. The largest absolute Gasteiger partial charge is 0.497 e. The lowest BCUT2D eigenvalue weighted by molar-refractivity contribution is 0.0410. The zero-order valence-electron chi connectivity index (χ0n) is 12.0. The van der Waals surface area contributed by atoms with E-state index in [1.165, 1.54) is 5.56 Å². The van der Waals surface area contributed by atoms with Crippen LogP contribution >= 0.6 is 0 Å². The minimum atomic E-state index is 0.0485. The molecule has 2 rings (SSSR count). The van der Waals surface area contributed by atoms with E-state index in [4.69, 9.17) is 9.47 Å². The Labute approximate surface area is 120 Å². The van der Waals surface area contributed by atoms with Gasteiger partial charge in [0.05, 0.1) is 19.8 Å². The molecule has 2 aromatic rings. The molecule has 0 radical (unpaired) electrons. The van der Waals surface area contributed by atoms with E-state index in [1.807, 2.05) is 49.5 Å². The van der Waals surface area contributed by atoms with Crippen LogP contribution in [-0.4, -0.2) is 20.7 Å². The van der Waals surface area contributed by atoms with Crippen LogP contribution in [0.15, 0.2) is 54.6 Å². The monoisotopic (exact) mass is 271 g/mol. The van der Waals surface area contributed by atoms with Crippen LogP contribution in [0, 0.1) is 0 Å². The van der Waals surface area contributed by atoms with Crippen LogP contribution in [0.1, 0.15) is 17.2 Å². The molecule has 0 aliphatic rings. The first-order valence-corrected chi connectivity index (χ1v) is 6.77. The predicted molar refractivity (Wildman–Crippen MR) is 80.9 cm³/mol. The quantitative estimate of drug-likeness (QED) is 0.839. The summed E-state index contributed by atoms with van der Waals surface area (Å²) < 4.78 is 11.3. The molecule has 0 spiro atoms. The maximum absolute atomic E-state index is 6.04. The van der Waals surface area contributed by atoms with E-state index < -0.39 is 0 Å². The maximum atomic E-state index is 6.04. The highest BCUT2D eigenvalue weighted by Gasteiger charge is 2.11. The number of hydrogen-bond donors (Lipinski definition) is 1. The molecule has 20 heavy (non-hydrogen) atoms. The average molecular weight is 271 g/mol. The van der Waals surface area contributed by atoms with Crippen LogP contribution in [0.3, 0.4) is 0 Å². The molecule has 0 fully saturated rings. The van der Waals surface area contributed by atoms with Gasteiger partial charge in [-0.25, -0.2) is 0 Å². The second-order valence-electron chi connectivity index (χ2n) is 4.62. The van der Waals surface area contributed by atoms with Gasteiger partial charge in [-0.05, 0) is 30.3 Å². The third kappa shape index (κ3) is 4.08. The lowest BCUT2D eigenvalue weighted by Crippen LogP contribution is -2.19. The zero-order valence-corrected chi connectivity index (χ0v) is 12.0. The Morgan fingerprint density at radius 2 is 1.85 bits per heavy atom. The number of likely N-dealkylation sites (N-methyl/N-ethyl adjacent to an activating group) is 1. The third-order valence-corrected chi connectivity index (χ3v) is 3.15. The zero-order chi connectivity index (χ0) is 14.2. The van der Waals surface area contributed by atoms with Crippen molar-refractivity contribution in [1.82, 2.24) is 5.32 Å². The fourth-order valence-corrected chi connectivity index (χ4v) is 2.09. The van der Waals surface area contributed by atoms with Crippen molar-refractivity contribution >= 4 is 0 Å². The van der Waals surface area contributed by atoms with Crippen molar-refractivity contribution in [3.63, 3.8) is 0 Å². The van der Waals surface area contributed by atoms with Gasteiger partial charge in [0.25, 0.3) is 0 Å². The van der Waals surface area contributed by atoms with Crippen LogP contribution in [0.5, 0.6) is 5.75 Å². The van der Waals surface area contributed by atoms with Gasteiger partial charge in [0.1, 0.15) is 5.75 Å². The number of hydrogen-bond acceptors (Lipinski definition) is 3. The Bertz CT molecular complexity index is 513. The molecule has 3 nitrogen and oxygen atoms in total. The third-order valence-electron chi connectivity index (χ3n) is 3.15. The Morgan fingerprint density at radius 1 is 1.05 bits per heavy atom. The molecule has 1 atom stereocenters. The normalized spacial score (nSPS) is 12.1.